The Morgan fingerprint density at radius 1 is 0.459 bits per heavy atom. The summed E-state index contributed by atoms with van der Waals surface area (Å²) in [5, 5.41) is 0. The van der Waals surface area contributed by atoms with Crippen molar-refractivity contribution in [3.05, 3.63) is 29.8 Å². The van der Waals surface area contributed by atoms with Crippen LogP contribution in [0.3, 0.4) is 0 Å². The van der Waals surface area contributed by atoms with Crippen molar-refractivity contribution in [2.75, 3.05) is 0 Å². The lowest BCUT2D eigenvalue weighted by Gasteiger charge is -2.05. The summed E-state index contributed by atoms with van der Waals surface area (Å²) in [7, 11) is -4.08. The molecule has 0 saturated carbocycles. The van der Waals surface area contributed by atoms with E-state index in [0.717, 1.165) is 18.4 Å². The quantitative estimate of drug-likeness (QED) is 0.0898. The summed E-state index contributed by atoms with van der Waals surface area (Å²) < 4.78 is 31.2. The first kappa shape index (κ1) is 34.2. The van der Waals surface area contributed by atoms with Crippen molar-refractivity contribution in [1.82, 2.24) is 0 Å². The Balaban J connectivity index is 1.73. The van der Waals surface area contributed by atoms with Gasteiger partial charge in [-0.1, -0.05) is 173 Å². The van der Waals surface area contributed by atoms with Gasteiger partial charge < -0.3 is 0 Å². The molecule has 0 amide bonds. The maximum Gasteiger partial charge on any atom is 0.294 e. The van der Waals surface area contributed by atoms with Crippen molar-refractivity contribution in [3.8, 4) is 0 Å². The molecule has 0 saturated heterocycles. The minimum atomic E-state index is -4.08. The fourth-order valence-corrected chi connectivity index (χ4v) is 5.78. The van der Waals surface area contributed by atoms with Crippen LogP contribution in [0.1, 0.15) is 173 Å². The van der Waals surface area contributed by atoms with Crippen LogP contribution in [0.5, 0.6) is 0 Å². The zero-order valence-electron chi connectivity index (χ0n) is 24.4. The van der Waals surface area contributed by atoms with Gasteiger partial charge in [-0.3, -0.25) is 4.55 Å². The van der Waals surface area contributed by atoms with Crippen LogP contribution in [0.2, 0.25) is 0 Å². The smallest absolute Gasteiger partial charge is 0.282 e. The summed E-state index contributed by atoms with van der Waals surface area (Å²) in [6, 6.07) is 6.60. The van der Waals surface area contributed by atoms with Gasteiger partial charge in [0.15, 0.2) is 0 Å². The maximum absolute atomic E-state index is 11.1. The minimum absolute atomic E-state index is 0.0222. The van der Waals surface area contributed by atoms with Crippen molar-refractivity contribution in [2.24, 2.45) is 0 Å². The second-order valence-corrected chi connectivity index (χ2v) is 12.8. The summed E-state index contributed by atoms with van der Waals surface area (Å²) in [4.78, 5) is -0.0222. The fourth-order valence-electron chi connectivity index (χ4n) is 5.30. The number of hydrogen-bond donors (Lipinski definition) is 1. The van der Waals surface area contributed by atoms with Crippen LogP contribution >= 0.6 is 0 Å². The molecule has 0 fully saturated rings. The van der Waals surface area contributed by atoms with Gasteiger partial charge in [0.05, 0.1) is 4.90 Å². The first-order valence-corrected chi connectivity index (χ1v) is 17.5. The van der Waals surface area contributed by atoms with E-state index in [2.05, 4.69) is 6.92 Å². The molecule has 1 N–H and O–H groups in total. The highest BCUT2D eigenvalue weighted by atomic mass is 32.2. The number of rotatable bonds is 27. The molecule has 3 nitrogen and oxygen atoms in total. The average Bonchev–Trinajstić information content (AvgIpc) is 2.88. The van der Waals surface area contributed by atoms with E-state index in [1.807, 2.05) is 12.1 Å². The van der Waals surface area contributed by atoms with Crippen LogP contribution < -0.4 is 0 Å². The molecule has 0 bridgehead atoms. The molecule has 1 aromatic carbocycles. The summed E-state index contributed by atoms with van der Waals surface area (Å²) in [5.41, 5.74) is 1.14. The largest absolute Gasteiger partial charge is 0.294 e. The first-order valence-electron chi connectivity index (χ1n) is 16.1. The van der Waals surface area contributed by atoms with Crippen LogP contribution in [0, 0.1) is 0 Å². The van der Waals surface area contributed by atoms with E-state index in [9.17, 15) is 8.42 Å². The molecule has 0 aromatic heterocycles. The molecule has 216 valence electrons. The van der Waals surface area contributed by atoms with Gasteiger partial charge in [0, 0.05) is 0 Å². The van der Waals surface area contributed by atoms with E-state index < -0.39 is 10.1 Å². The molecule has 0 radical (unpaired) electrons. The van der Waals surface area contributed by atoms with Crippen molar-refractivity contribution < 1.29 is 13.0 Å². The van der Waals surface area contributed by atoms with E-state index in [4.69, 9.17) is 4.55 Å². The van der Waals surface area contributed by atoms with Crippen molar-refractivity contribution in [1.29, 1.82) is 0 Å². The predicted octanol–water partition coefficient (Wildman–Crippen LogP) is 11.2. The molecule has 0 unspecified atom stereocenters. The molecule has 0 heterocycles. The van der Waals surface area contributed by atoms with Gasteiger partial charge in [-0.25, -0.2) is 0 Å². The highest BCUT2D eigenvalue weighted by molar-refractivity contribution is 7.85. The van der Waals surface area contributed by atoms with Crippen LogP contribution in [-0.2, 0) is 16.5 Å². The number of hydrogen-bond acceptors (Lipinski definition) is 2. The summed E-state index contributed by atoms with van der Waals surface area (Å²) in [6.07, 6.45) is 36.1. The Morgan fingerprint density at radius 2 is 0.730 bits per heavy atom. The standard InChI is InChI=1S/C33H60O3S/c1-2-3-4-5-6-7-8-9-10-11-12-13-14-15-16-17-18-19-20-21-22-23-24-25-26-27-32-28-30-33(31-29-32)37(34,35)36/h28-31H,2-27H2,1H3,(H,34,35,36). The van der Waals surface area contributed by atoms with Gasteiger partial charge >= 0.3 is 0 Å². The lowest BCUT2D eigenvalue weighted by Crippen LogP contribution is -1.98. The lowest BCUT2D eigenvalue weighted by atomic mass is 10.0. The van der Waals surface area contributed by atoms with Crippen LogP contribution in [0.15, 0.2) is 29.2 Å². The van der Waals surface area contributed by atoms with Gasteiger partial charge in [0.2, 0.25) is 0 Å². The Bertz CT molecular complexity index is 712. The SMILES string of the molecule is CCCCCCCCCCCCCCCCCCCCCCCCCCCc1ccc(S(=O)(=O)O)cc1. The van der Waals surface area contributed by atoms with E-state index in [1.165, 1.54) is 166 Å². The third-order valence-corrected chi connectivity index (χ3v) is 8.66. The normalized spacial score (nSPS) is 11.8. The second-order valence-electron chi connectivity index (χ2n) is 11.4. The summed E-state index contributed by atoms with van der Waals surface area (Å²) in [6.45, 7) is 2.29. The topological polar surface area (TPSA) is 54.4 Å². The Morgan fingerprint density at radius 3 is 1.00 bits per heavy atom. The van der Waals surface area contributed by atoms with Crippen LogP contribution in [-0.4, -0.2) is 13.0 Å². The Hall–Kier alpha value is -0.870. The molecule has 37 heavy (non-hydrogen) atoms. The maximum atomic E-state index is 11.1. The third-order valence-electron chi connectivity index (χ3n) is 7.79. The second kappa shape index (κ2) is 24.2. The number of benzene rings is 1. The first-order chi connectivity index (χ1) is 18.0. The van der Waals surface area contributed by atoms with E-state index in [1.54, 1.807) is 0 Å². The van der Waals surface area contributed by atoms with Gasteiger partial charge in [-0.15, -0.1) is 0 Å². The zero-order valence-corrected chi connectivity index (χ0v) is 25.2. The van der Waals surface area contributed by atoms with Crippen molar-refractivity contribution >= 4 is 10.1 Å². The molecule has 4 heteroatoms. The van der Waals surface area contributed by atoms with Gasteiger partial charge in [0.25, 0.3) is 10.1 Å². The molecule has 0 aliphatic heterocycles. The van der Waals surface area contributed by atoms with Crippen molar-refractivity contribution in [2.45, 2.75) is 179 Å². The lowest BCUT2D eigenvalue weighted by molar-refractivity contribution is 0.483. The van der Waals surface area contributed by atoms with E-state index in [-0.39, 0.29) is 4.90 Å². The highest BCUT2D eigenvalue weighted by Crippen LogP contribution is 2.17. The average molecular weight is 537 g/mol. The molecule has 0 aliphatic rings. The molecule has 0 spiro atoms. The third kappa shape index (κ3) is 21.7. The number of unbranched alkanes of at least 4 members (excludes halogenated alkanes) is 24. The Labute approximate surface area is 231 Å². The monoisotopic (exact) mass is 536 g/mol. The molecule has 0 aliphatic carbocycles. The zero-order chi connectivity index (χ0) is 26.9. The summed E-state index contributed by atoms with van der Waals surface area (Å²) >= 11 is 0. The van der Waals surface area contributed by atoms with Crippen LogP contribution in [0.25, 0.3) is 0 Å². The molecular formula is C33H60O3S. The number of aryl methyl sites for hydroxylation is 1. The predicted molar refractivity (Wildman–Crippen MR) is 161 cm³/mol. The van der Waals surface area contributed by atoms with Crippen molar-refractivity contribution in [3.63, 3.8) is 0 Å². The molecular weight excluding hydrogens is 476 g/mol. The van der Waals surface area contributed by atoms with Gasteiger partial charge in [-0.2, -0.15) is 8.42 Å². The minimum Gasteiger partial charge on any atom is -0.282 e. The van der Waals surface area contributed by atoms with E-state index in [0.29, 0.717) is 0 Å². The Kier molecular flexibility index (Phi) is 22.3. The molecule has 1 rings (SSSR count). The van der Waals surface area contributed by atoms with Gasteiger partial charge in [0.1, 0.15) is 0 Å². The van der Waals surface area contributed by atoms with Crippen LogP contribution in [0.4, 0.5) is 0 Å². The molecule has 0 atom stereocenters. The highest BCUT2D eigenvalue weighted by Gasteiger charge is 2.08. The van der Waals surface area contributed by atoms with E-state index >= 15 is 0 Å². The molecule has 1 aromatic rings. The van der Waals surface area contributed by atoms with Gasteiger partial charge in [-0.05, 0) is 30.5 Å². The fraction of sp³-hybridized carbons (Fsp3) is 0.818. The summed E-state index contributed by atoms with van der Waals surface area (Å²) in [5.74, 6) is 0.